The highest BCUT2D eigenvalue weighted by Crippen LogP contribution is 2.23. The van der Waals surface area contributed by atoms with Crippen molar-refractivity contribution in [2.24, 2.45) is 0 Å². The van der Waals surface area contributed by atoms with E-state index in [-0.39, 0.29) is 6.61 Å². The van der Waals surface area contributed by atoms with Gasteiger partial charge in [-0.25, -0.2) is 0 Å². The van der Waals surface area contributed by atoms with Gasteiger partial charge in [0.15, 0.2) is 0 Å². The van der Waals surface area contributed by atoms with E-state index in [1.807, 2.05) is 12.1 Å². The van der Waals surface area contributed by atoms with E-state index in [1.54, 1.807) is 12.1 Å². The van der Waals surface area contributed by atoms with Crippen molar-refractivity contribution in [2.45, 2.75) is 13.0 Å². The number of ether oxygens (including phenoxy) is 1. The van der Waals surface area contributed by atoms with Crippen LogP contribution in [0.4, 0.5) is 0 Å². The highest BCUT2D eigenvalue weighted by molar-refractivity contribution is 5.42. The minimum Gasteiger partial charge on any atom is -0.496 e. The van der Waals surface area contributed by atoms with E-state index in [2.05, 4.69) is 0 Å². The van der Waals surface area contributed by atoms with Crippen LogP contribution < -0.4 is 4.74 Å². The summed E-state index contributed by atoms with van der Waals surface area (Å²) in [7, 11) is 1.54. The van der Waals surface area contributed by atoms with E-state index < -0.39 is 0 Å². The van der Waals surface area contributed by atoms with Gasteiger partial charge in [-0.1, -0.05) is 18.2 Å². The number of para-hydroxylation sites is 1. The van der Waals surface area contributed by atoms with Crippen LogP contribution in [0.15, 0.2) is 18.2 Å². The third-order valence-corrected chi connectivity index (χ3v) is 1.82. The Morgan fingerprint density at radius 3 is 2.69 bits per heavy atom. The van der Waals surface area contributed by atoms with Crippen molar-refractivity contribution in [1.29, 1.82) is 5.26 Å². The van der Waals surface area contributed by atoms with Gasteiger partial charge in [-0.05, 0) is 0 Å². The molecule has 13 heavy (non-hydrogen) atoms. The fourth-order valence-electron chi connectivity index (χ4n) is 1.25. The van der Waals surface area contributed by atoms with Gasteiger partial charge in [-0.3, -0.25) is 0 Å². The number of benzene rings is 1. The van der Waals surface area contributed by atoms with Crippen molar-refractivity contribution >= 4 is 0 Å². The number of aliphatic hydroxyl groups excluding tert-OH is 1. The Balaban J connectivity index is 3.12. The van der Waals surface area contributed by atoms with Gasteiger partial charge in [-0.2, -0.15) is 5.26 Å². The number of nitrogens with zero attached hydrogens (tertiary/aromatic N) is 1. The maximum atomic E-state index is 8.98. The van der Waals surface area contributed by atoms with E-state index >= 15 is 0 Å². The Morgan fingerprint density at radius 1 is 1.46 bits per heavy atom. The van der Waals surface area contributed by atoms with Crippen LogP contribution in [0, 0.1) is 11.3 Å². The van der Waals surface area contributed by atoms with Gasteiger partial charge in [0.05, 0.1) is 26.2 Å². The largest absolute Gasteiger partial charge is 0.496 e. The molecule has 0 fully saturated rings. The topological polar surface area (TPSA) is 53.2 Å². The lowest BCUT2D eigenvalue weighted by atomic mass is 10.1. The molecule has 0 heterocycles. The monoisotopic (exact) mass is 177 g/mol. The first-order chi connectivity index (χ1) is 6.33. The molecule has 0 atom stereocenters. The third-order valence-electron chi connectivity index (χ3n) is 1.82. The second kappa shape index (κ2) is 4.48. The first-order valence-electron chi connectivity index (χ1n) is 3.96. The van der Waals surface area contributed by atoms with Gasteiger partial charge in [0.2, 0.25) is 0 Å². The molecule has 3 nitrogen and oxygen atoms in total. The predicted molar refractivity (Wildman–Crippen MR) is 48.2 cm³/mol. The summed E-state index contributed by atoms with van der Waals surface area (Å²) >= 11 is 0. The average molecular weight is 177 g/mol. The molecule has 1 aromatic rings. The number of hydrogen-bond acceptors (Lipinski definition) is 3. The van der Waals surface area contributed by atoms with Crippen molar-refractivity contribution in [1.82, 2.24) is 0 Å². The highest BCUT2D eigenvalue weighted by atomic mass is 16.5. The van der Waals surface area contributed by atoms with Crippen molar-refractivity contribution < 1.29 is 9.84 Å². The molecule has 0 spiro atoms. The summed E-state index contributed by atoms with van der Waals surface area (Å²) < 4.78 is 5.11. The zero-order valence-corrected chi connectivity index (χ0v) is 7.45. The molecule has 0 saturated heterocycles. The lowest BCUT2D eigenvalue weighted by Gasteiger charge is -2.09. The molecule has 0 radical (unpaired) electrons. The molecule has 1 N–H and O–H groups in total. The molecule has 1 aromatic carbocycles. The Morgan fingerprint density at radius 2 is 2.15 bits per heavy atom. The fourth-order valence-corrected chi connectivity index (χ4v) is 1.25. The second-order valence-corrected chi connectivity index (χ2v) is 2.60. The molecule has 0 unspecified atom stereocenters. The normalized spacial score (nSPS) is 9.31. The molecule has 0 bridgehead atoms. The summed E-state index contributed by atoms with van der Waals surface area (Å²) in [4.78, 5) is 0. The Labute approximate surface area is 77.2 Å². The van der Waals surface area contributed by atoms with Crippen molar-refractivity contribution in [2.75, 3.05) is 7.11 Å². The van der Waals surface area contributed by atoms with E-state index in [4.69, 9.17) is 15.1 Å². The quantitative estimate of drug-likeness (QED) is 0.756. The van der Waals surface area contributed by atoms with Gasteiger partial charge in [-0.15, -0.1) is 0 Å². The van der Waals surface area contributed by atoms with E-state index in [0.717, 1.165) is 11.1 Å². The molecule has 0 aromatic heterocycles. The van der Waals surface area contributed by atoms with E-state index in [9.17, 15) is 0 Å². The lowest BCUT2D eigenvalue weighted by Crippen LogP contribution is -1.96. The first-order valence-corrected chi connectivity index (χ1v) is 3.96. The molecule has 0 aliphatic carbocycles. The molecular formula is C10H11NO2. The molecule has 0 aliphatic heterocycles. The highest BCUT2D eigenvalue weighted by Gasteiger charge is 2.06. The maximum absolute atomic E-state index is 8.98. The lowest BCUT2D eigenvalue weighted by molar-refractivity contribution is 0.273. The molecule has 3 heteroatoms. The standard InChI is InChI=1S/C10H11NO2/c1-13-10-8(5-6-11)3-2-4-9(10)7-12/h2-4,12H,5,7H2,1H3. The fraction of sp³-hybridized carbons (Fsp3) is 0.300. The maximum Gasteiger partial charge on any atom is 0.128 e. The molecule has 0 saturated carbocycles. The zero-order chi connectivity index (χ0) is 9.68. The second-order valence-electron chi connectivity index (χ2n) is 2.60. The predicted octanol–water partition coefficient (Wildman–Crippen LogP) is 1.25. The summed E-state index contributed by atoms with van der Waals surface area (Å²) in [6.45, 7) is -0.0670. The number of nitriles is 1. The van der Waals surface area contributed by atoms with Crippen molar-refractivity contribution in [3.8, 4) is 11.8 Å². The minimum absolute atomic E-state index is 0.0670. The van der Waals surface area contributed by atoms with Crippen LogP contribution in [0.2, 0.25) is 0 Å². The number of rotatable bonds is 3. The van der Waals surface area contributed by atoms with Gasteiger partial charge in [0.1, 0.15) is 5.75 Å². The Kier molecular flexibility index (Phi) is 3.30. The van der Waals surface area contributed by atoms with Crippen LogP contribution in [0.25, 0.3) is 0 Å². The molecule has 0 aliphatic rings. The number of aliphatic hydroxyl groups is 1. The van der Waals surface area contributed by atoms with Crippen molar-refractivity contribution in [3.05, 3.63) is 29.3 Å². The summed E-state index contributed by atoms with van der Waals surface area (Å²) in [5.41, 5.74) is 1.53. The van der Waals surface area contributed by atoms with E-state index in [1.165, 1.54) is 7.11 Å². The van der Waals surface area contributed by atoms with Crippen LogP contribution in [0.1, 0.15) is 11.1 Å². The van der Waals surface area contributed by atoms with Gasteiger partial charge in [0, 0.05) is 11.1 Å². The van der Waals surface area contributed by atoms with Crippen LogP contribution in [-0.2, 0) is 13.0 Å². The third kappa shape index (κ3) is 1.98. The summed E-state index contributed by atoms with van der Waals surface area (Å²) in [5.74, 6) is 0.617. The summed E-state index contributed by atoms with van der Waals surface area (Å²) in [6, 6.07) is 7.45. The van der Waals surface area contributed by atoms with Crippen LogP contribution >= 0.6 is 0 Å². The molecule has 68 valence electrons. The van der Waals surface area contributed by atoms with Crippen LogP contribution in [-0.4, -0.2) is 12.2 Å². The smallest absolute Gasteiger partial charge is 0.128 e. The average Bonchev–Trinajstić information content (AvgIpc) is 2.18. The summed E-state index contributed by atoms with van der Waals surface area (Å²) in [5, 5.41) is 17.5. The number of hydrogen-bond donors (Lipinski definition) is 1. The van der Waals surface area contributed by atoms with E-state index in [0.29, 0.717) is 12.2 Å². The first kappa shape index (κ1) is 9.56. The SMILES string of the molecule is COc1c(CO)cccc1CC#N. The van der Waals surface area contributed by atoms with Crippen molar-refractivity contribution in [3.63, 3.8) is 0 Å². The Hall–Kier alpha value is -1.53. The van der Waals surface area contributed by atoms with Crippen LogP contribution in [0.5, 0.6) is 5.75 Å². The van der Waals surface area contributed by atoms with Gasteiger partial charge in [0.25, 0.3) is 0 Å². The zero-order valence-electron chi connectivity index (χ0n) is 7.45. The number of methoxy groups -OCH3 is 1. The Bertz CT molecular complexity index is 328. The van der Waals surface area contributed by atoms with Gasteiger partial charge >= 0.3 is 0 Å². The molecular weight excluding hydrogens is 166 g/mol. The van der Waals surface area contributed by atoms with Gasteiger partial charge < -0.3 is 9.84 Å². The summed E-state index contributed by atoms with van der Waals surface area (Å²) in [6.07, 6.45) is 0.303. The minimum atomic E-state index is -0.0670. The van der Waals surface area contributed by atoms with Crippen LogP contribution in [0.3, 0.4) is 0 Å². The molecule has 1 rings (SSSR count). The molecule has 0 amide bonds.